The zero-order chi connectivity index (χ0) is 16.4. The summed E-state index contributed by atoms with van der Waals surface area (Å²) in [6.45, 7) is 2.18. The highest BCUT2D eigenvalue weighted by atomic mass is 19.4. The molecule has 0 aliphatic carbocycles. The Morgan fingerprint density at radius 2 is 1.77 bits per heavy atom. The van der Waals surface area contributed by atoms with Crippen molar-refractivity contribution in [3.05, 3.63) is 29.6 Å². The summed E-state index contributed by atoms with van der Waals surface area (Å²) in [5.74, 6) is 0. The van der Waals surface area contributed by atoms with Crippen molar-refractivity contribution in [2.75, 3.05) is 0 Å². The van der Waals surface area contributed by atoms with Crippen molar-refractivity contribution in [1.29, 1.82) is 0 Å². The van der Waals surface area contributed by atoms with Crippen LogP contribution in [0.1, 0.15) is 75.7 Å². The Morgan fingerprint density at radius 3 is 2.36 bits per heavy atom. The number of nitrogens with zero attached hydrogens (tertiary/aromatic N) is 1. The molecular formula is C17H26F3NO. The van der Waals surface area contributed by atoms with Crippen LogP contribution in [0.25, 0.3) is 0 Å². The summed E-state index contributed by atoms with van der Waals surface area (Å²) in [4.78, 5) is 4.01. The molecule has 0 amide bonds. The number of unbranched alkanes of at least 4 members (excludes halogenated alkanes) is 5. The van der Waals surface area contributed by atoms with E-state index in [2.05, 4.69) is 11.9 Å². The molecule has 1 aromatic heterocycles. The topological polar surface area (TPSA) is 33.1 Å². The Morgan fingerprint density at radius 1 is 1.09 bits per heavy atom. The number of aliphatic hydroxyl groups excluding tert-OH is 1. The van der Waals surface area contributed by atoms with E-state index in [1.54, 1.807) is 12.1 Å². The highest BCUT2D eigenvalue weighted by Crippen LogP contribution is 2.23. The molecule has 0 aliphatic heterocycles. The Bertz CT molecular complexity index is 403. The second-order valence-corrected chi connectivity index (χ2v) is 5.77. The van der Waals surface area contributed by atoms with Crippen molar-refractivity contribution in [3.8, 4) is 0 Å². The minimum Gasteiger partial charge on any atom is -0.388 e. The van der Waals surface area contributed by atoms with E-state index in [1.165, 1.54) is 31.9 Å². The number of hydrogen-bond donors (Lipinski definition) is 1. The maximum Gasteiger partial charge on any atom is 0.389 e. The first-order valence-corrected chi connectivity index (χ1v) is 8.12. The van der Waals surface area contributed by atoms with Gasteiger partial charge in [0.15, 0.2) is 0 Å². The SMILES string of the molecule is CCCCCCCCC(O)c1ccc(CCC(F)(F)F)nc1. The van der Waals surface area contributed by atoms with Gasteiger partial charge >= 0.3 is 6.18 Å². The second-order valence-electron chi connectivity index (χ2n) is 5.77. The fourth-order valence-electron chi connectivity index (χ4n) is 2.34. The van der Waals surface area contributed by atoms with E-state index in [4.69, 9.17) is 0 Å². The minimum absolute atomic E-state index is 0.114. The molecule has 5 heteroatoms. The number of rotatable bonds is 10. The lowest BCUT2D eigenvalue weighted by Gasteiger charge is -2.11. The smallest absolute Gasteiger partial charge is 0.388 e. The number of hydrogen-bond acceptors (Lipinski definition) is 2. The van der Waals surface area contributed by atoms with Crippen molar-refractivity contribution in [3.63, 3.8) is 0 Å². The van der Waals surface area contributed by atoms with Gasteiger partial charge in [-0.15, -0.1) is 0 Å². The molecule has 0 fully saturated rings. The Hall–Kier alpha value is -1.10. The zero-order valence-electron chi connectivity index (χ0n) is 13.2. The summed E-state index contributed by atoms with van der Waals surface area (Å²) in [7, 11) is 0. The Kier molecular flexibility index (Phi) is 8.46. The second kappa shape index (κ2) is 9.82. The largest absolute Gasteiger partial charge is 0.389 e. The molecule has 1 atom stereocenters. The molecule has 0 aliphatic rings. The van der Waals surface area contributed by atoms with E-state index in [-0.39, 0.29) is 6.42 Å². The normalized spacial score (nSPS) is 13.3. The molecule has 0 radical (unpaired) electrons. The molecule has 0 spiro atoms. The van der Waals surface area contributed by atoms with Gasteiger partial charge in [-0.1, -0.05) is 51.5 Å². The molecule has 1 N–H and O–H groups in total. The maximum atomic E-state index is 12.1. The van der Waals surface area contributed by atoms with Crippen LogP contribution in [0.15, 0.2) is 18.3 Å². The van der Waals surface area contributed by atoms with E-state index in [0.29, 0.717) is 17.7 Å². The third-order valence-electron chi connectivity index (χ3n) is 3.73. The third kappa shape index (κ3) is 8.37. The molecular weight excluding hydrogens is 291 g/mol. The van der Waals surface area contributed by atoms with Crippen molar-refractivity contribution < 1.29 is 18.3 Å². The molecule has 0 saturated carbocycles. The zero-order valence-corrected chi connectivity index (χ0v) is 13.2. The number of aromatic nitrogens is 1. The van der Waals surface area contributed by atoms with Crippen molar-refractivity contribution in [1.82, 2.24) is 4.98 Å². The molecule has 0 bridgehead atoms. The molecule has 126 valence electrons. The van der Waals surface area contributed by atoms with Gasteiger partial charge < -0.3 is 5.11 Å². The lowest BCUT2D eigenvalue weighted by atomic mass is 10.0. The van der Waals surface area contributed by atoms with Crippen molar-refractivity contribution >= 4 is 0 Å². The molecule has 2 nitrogen and oxygen atoms in total. The fourth-order valence-corrected chi connectivity index (χ4v) is 2.34. The highest BCUT2D eigenvalue weighted by Gasteiger charge is 2.26. The average molecular weight is 317 g/mol. The number of halogens is 3. The van der Waals surface area contributed by atoms with Crippen LogP contribution in [0.5, 0.6) is 0 Å². The summed E-state index contributed by atoms with van der Waals surface area (Å²) in [5.41, 5.74) is 1.09. The lowest BCUT2D eigenvalue weighted by Crippen LogP contribution is -2.09. The van der Waals surface area contributed by atoms with Crippen LogP contribution in [0.3, 0.4) is 0 Å². The van der Waals surface area contributed by atoms with Gasteiger partial charge in [-0.25, -0.2) is 0 Å². The maximum absolute atomic E-state index is 12.1. The molecule has 1 heterocycles. The van der Waals surface area contributed by atoms with Crippen LogP contribution >= 0.6 is 0 Å². The Balaban J connectivity index is 2.29. The molecule has 1 aromatic rings. The van der Waals surface area contributed by atoms with E-state index in [0.717, 1.165) is 12.8 Å². The molecule has 1 unspecified atom stereocenters. The molecule has 22 heavy (non-hydrogen) atoms. The number of pyridine rings is 1. The standard InChI is InChI=1S/C17H26F3NO/c1-2-3-4-5-6-7-8-16(22)14-9-10-15(21-13-14)11-12-17(18,19)20/h9-10,13,16,22H,2-8,11-12H2,1H3. The van der Waals surface area contributed by atoms with Gasteiger partial charge in [0.2, 0.25) is 0 Å². The summed E-state index contributed by atoms with van der Waals surface area (Å²) < 4.78 is 36.4. The van der Waals surface area contributed by atoms with E-state index in [1.807, 2.05) is 0 Å². The van der Waals surface area contributed by atoms with Crippen molar-refractivity contribution in [2.45, 2.75) is 77.0 Å². The van der Waals surface area contributed by atoms with Crippen LogP contribution in [0.2, 0.25) is 0 Å². The number of alkyl halides is 3. The fraction of sp³-hybridized carbons (Fsp3) is 0.706. The number of aryl methyl sites for hydroxylation is 1. The Labute approximate surface area is 130 Å². The first-order valence-electron chi connectivity index (χ1n) is 8.12. The van der Waals surface area contributed by atoms with Crippen LogP contribution in [0.4, 0.5) is 13.2 Å². The summed E-state index contributed by atoms with van der Waals surface area (Å²) >= 11 is 0. The monoisotopic (exact) mass is 317 g/mol. The molecule has 0 saturated heterocycles. The quantitative estimate of drug-likeness (QED) is 0.589. The highest BCUT2D eigenvalue weighted by molar-refractivity contribution is 5.16. The van der Waals surface area contributed by atoms with Gasteiger partial charge in [-0.3, -0.25) is 4.98 Å². The summed E-state index contributed by atoms with van der Waals surface area (Å²) in [5, 5.41) is 10.1. The van der Waals surface area contributed by atoms with Gasteiger partial charge in [0.05, 0.1) is 6.10 Å². The van der Waals surface area contributed by atoms with E-state index in [9.17, 15) is 18.3 Å². The molecule has 1 rings (SSSR count). The van der Waals surface area contributed by atoms with Gasteiger partial charge in [0, 0.05) is 18.3 Å². The first kappa shape index (κ1) is 18.9. The van der Waals surface area contributed by atoms with Crippen LogP contribution in [0, 0.1) is 0 Å². The van der Waals surface area contributed by atoms with Gasteiger partial charge in [-0.2, -0.15) is 13.2 Å². The third-order valence-corrected chi connectivity index (χ3v) is 3.73. The number of aliphatic hydroxyl groups is 1. The van der Waals surface area contributed by atoms with Gasteiger partial charge in [0.25, 0.3) is 0 Å². The lowest BCUT2D eigenvalue weighted by molar-refractivity contribution is -0.134. The van der Waals surface area contributed by atoms with Gasteiger partial charge in [0.1, 0.15) is 0 Å². The summed E-state index contributed by atoms with van der Waals surface area (Å²) in [6, 6.07) is 3.26. The van der Waals surface area contributed by atoms with Crippen molar-refractivity contribution in [2.24, 2.45) is 0 Å². The average Bonchev–Trinajstić information content (AvgIpc) is 2.48. The minimum atomic E-state index is -4.16. The van der Waals surface area contributed by atoms with E-state index >= 15 is 0 Å². The molecule has 0 aromatic carbocycles. The van der Waals surface area contributed by atoms with Crippen LogP contribution in [-0.4, -0.2) is 16.3 Å². The van der Waals surface area contributed by atoms with Gasteiger partial charge in [-0.05, 0) is 24.5 Å². The first-order chi connectivity index (χ1) is 10.4. The van der Waals surface area contributed by atoms with Crippen LogP contribution < -0.4 is 0 Å². The summed E-state index contributed by atoms with van der Waals surface area (Å²) in [6.07, 6.45) is 3.43. The van der Waals surface area contributed by atoms with E-state index < -0.39 is 18.7 Å². The van der Waals surface area contributed by atoms with Crippen LogP contribution in [-0.2, 0) is 6.42 Å². The predicted octanol–water partition coefficient (Wildman–Crippen LogP) is 5.36. The predicted molar refractivity (Wildman–Crippen MR) is 81.6 cm³/mol.